The largest absolute Gasteiger partial charge is 0.481 e. The van der Waals surface area contributed by atoms with Gasteiger partial charge in [0, 0.05) is 25.1 Å². The van der Waals surface area contributed by atoms with Gasteiger partial charge in [0.2, 0.25) is 0 Å². The Kier molecular flexibility index (Phi) is 5.81. The zero-order chi connectivity index (χ0) is 14.4. The number of hydrogen-bond acceptors (Lipinski definition) is 4. The molecule has 2 fully saturated rings. The van der Waals surface area contributed by atoms with Crippen LogP contribution in [-0.2, 0) is 9.53 Å². The normalized spacial score (nSPS) is 23.4. The van der Waals surface area contributed by atoms with E-state index in [2.05, 4.69) is 4.90 Å². The lowest BCUT2D eigenvalue weighted by atomic mass is 9.79. The first kappa shape index (κ1) is 15.7. The van der Waals surface area contributed by atoms with Crippen LogP contribution in [0.2, 0.25) is 0 Å². The molecule has 3 N–H and O–H groups in total. The summed E-state index contributed by atoms with van der Waals surface area (Å²) in [6.07, 6.45) is 6.27. The number of piperidine rings is 1. The fraction of sp³-hybridized carbons (Fsp3) is 0.933. The van der Waals surface area contributed by atoms with Crippen molar-refractivity contribution in [2.75, 3.05) is 39.4 Å². The Morgan fingerprint density at radius 1 is 1.35 bits per heavy atom. The highest BCUT2D eigenvalue weighted by molar-refractivity contribution is 5.66. The molecule has 1 heterocycles. The Bertz CT molecular complexity index is 310. The van der Waals surface area contributed by atoms with E-state index in [0.717, 1.165) is 45.1 Å². The van der Waals surface area contributed by atoms with Crippen molar-refractivity contribution in [1.29, 1.82) is 0 Å². The minimum absolute atomic E-state index is 0.115. The summed E-state index contributed by atoms with van der Waals surface area (Å²) in [5, 5.41) is 8.72. The molecule has 0 aromatic heterocycles. The number of carboxylic acids is 1. The second-order valence-electron chi connectivity index (χ2n) is 6.50. The molecule has 5 heteroatoms. The molecule has 0 spiro atoms. The van der Waals surface area contributed by atoms with Crippen LogP contribution < -0.4 is 5.73 Å². The Hall–Kier alpha value is -0.650. The first-order valence-corrected chi connectivity index (χ1v) is 7.85. The van der Waals surface area contributed by atoms with Crippen molar-refractivity contribution < 1.29 is 14.6 Å². The van der Waals surface area contributed by atoms with Crippen LogP contribution in [-0.4, -0.2) is 55.4 Å². The Labute approximate surface area is 121 Å². The van der Waals surface area contributed by atoms with Gasteiger partial charge in [0.1, 0.15) is 0 Å². The van der Waals surface area contributed by atoms with E-state index in [4.69, 9.17) is 15.6 Å². The number of carboxylic acid groups (broad SMARTS) is 1. The summed E-state index contributed by atoms with van der Waals surface area (Å²) in [5.74, 6) is 0.0602. The lowest BCUT2D eigenvalue weighted by Crippen LogP contribution is -2.47. The smallest absolute Gasteiger partial charge is 0.304 e. The summed E-state index contributed by atoms with van der Waals surface area (Å²) < 4.78 is 5.91. The fourth-order valence-corrected chi connectivity index (χ4v) is 3.01. The minimum atomic E-state index is -0.718. The molecule has 116 valence electrons. The average molecular weight is 284 g/mol. The minimum Gasteiger partial charge on any atom is -0.481 e. The number of rotatable bonds is 8. The highest BCUT2D eigenvalue weighted by Gasteiger charge is 2.34. The molecule has 0 amide bonds. The molecule has 5 nitrogen and oxygen atoms in total. The molecule has 2 aliphatic rings. The van der Waals surface area contributed by atoms with Gasteiger partial charge < -0.3 is 20.5 Å². The lowest BCUT2D eigenvalue weighted by Gasteiger charge is -2.41. The van der Waals surface area contributed by atoms with Crippen LogP contribution in [0, 0.1) is 11.3 Å². The maximum atomic E-state index is 10.6. The monoisotopic (exact) mass is 284 g/mol. The van der Waals surface area contributed by atoms with Crippen LogP contribution in [0.3, 0.4) is 0 Å². The van der Waals surface area contributed by atoms with Crippen LogP contribution in [0.25, 0.3) is 0 Å². The molecule has 1 saturated heterocycles. The number of nitrogens with zero attached hydrogens (tertiary/aromatic N) is 1. The molecule has 0 bridgehead atoms. The number of nitrogens with two attached hydrogens (primary N) is 1. The van der Waals surface area contributed by atoms with Gasteiger partial charge in [-0.05, 0) is 44.7 Å². The second-order valence-corrected chi connectivity index (χ2v) is 6.50. The maximum Gasteiger partial charge on any atom is 0.304 e. The van der Waals surface area contributed by atoms with Crippen molar-refractivity contribution in [3.05, 3.63) is 0 Å². The molecule has 0 atom stereocenters. The van der Waals surface area contributed by atoms with Crippen molar-refractivity contribution in [3.63, 3.8) is 0 Å². The molecule has 1 saturated carbocycles. The summed E-state index contributed by atoms with van der Waals surface area (Å²) in [7, 11) is 0. The number of hydrogen-bond donors (Lipinski definition) is 2. The first-order valence-electron chi connectivity index (χ1n) is 7.85. The summed E-state index contributed by atoms with van der Waals surface area (Å²) in [6.45, 7) is 4.87. The Balaban J connectivity index is 1.68. The summed E-state index contributed by atoms with van der Waals surface area (Å²) >= 11 is 0. The number of carbonyl (C=O) groups is 1. The van der Waals surface area contributed by atoms with Crippen molar-refractivity contribution in [2.45, 2.75) is 38.5 Å². The van der Waals surface area contributed by atoms with E-state index in [1.165, 1.54) is 19.3 Å². The summed E-state index contributed by atoms with van der Waals surface area (Å²) in [4.78, 5) is 12.8. The zero-order valence-electron chi connectivity index (χ0n) is 12.4. The van der Waals surface area contributed by atoms with Crippen LogP contribution >= 0.6 is 0 Å². The van der Waals surface area contributed by atoms with Crippen LogP contribution in [0.4, 0.5) is 0 Å². The summed E-state index contributed by atoms with van der Waals surface area (Å²) in [6, 6.07) is 0. The third kappa shape index (κ3) is 4.43. The third-order valence-corrected chi connectivity index (χ3v) is 4.98. The van der Waals surface area contributed by atoms with E-state index in [1.54, 1.807) is 0 Å². The van der Waals surface area contributed by atoms with Gasteiger partial charge in [0.05, 0.1) is 13.0 Å². The van der Waals surface area contributed by atoms with Crippen molar-refractivity contribution >= 4 is 5.97 Å². The van der Waals surface area contributed by atoms with Crippen molar-refractivity contribution in [3.8, 4) is 0 Å². The predicted octanol–water partition coefficient (Wildman–Crippen LogP) is 1.32. The molecule has 1 aliphatic carbocycles. The number of aliphatic carboxylic acids is 1. The van der Waals surface area contributed by atoms with Crippen LogP contribution in [0.5, 0.6) is 0 Å². The van der Waals surface area contributed by atoms with E-state index in [1.807, 2.05) is 0 Å². The van der Waals surface area contributed by atoms with E-state index in [9.17, 15) is 4.79 Å². The summed E-state index contributed by atoms with van der Waals surface area (Å²) in [5.41, 5.74) is 6.09. The SMILES string of the molecule is NCC1(COCC2CCC2)CCN(CCC(=O)O)CC1. The fourth-order valence-electron chi connectivity index (χ4n) is 3.01. The first-order chi connectivity index (χ1) is 9.63. The molecule has 1 aliphatic heterocycles. The molecular formula is C15H28N2O3. The van der Waals surface area contributed by atoms with Gasteiger partial charge >= 0.3 is 5.97 Å². The van der Waals surface area contributed by atoms with E-state index in [0.29, 0.717) is 13.1 Å². The number of ether oxygens (including phenoxy) is 1. The van der Waals surface area contributed by atoms with Gasteiger partial charge in [-0.15, -0.1) is 0 Å². The van der Waals surface area contributed by atoms with Gasteiger partial charge in [0.25, 0.3) is 0 Å². The van der Waals surface area contributed by atoms with Gasteiger partial charge in [-0.25, -0.2) is 0 Å². The second kappa shape index (κ2) is 7.38. The molecule has 0 unspecified atom stereocenters. The molecule has 0 aromatic carbocycles. The van der Waals surface area contributed by atoms with E-state index < -0.39 is 5.97 Å². The molecule has 0 aromatic rings. The Morgan fingerprint density at radius 2 is 2.05 bits per heavy atom. The van der Waals surface area contributed by atoms with Gasteiger partial charge in [-0.3, -0.25) is 4.79 Å². The Morgan fingerprint density at radius 3 is 2.55 bits per heavy atom. The van der Waals surface area contributed by atoms with E-state index in [-0.39, 0.29) is 11.8 Å². The lowest BCUT2D eigenvalue weighted by molar-refractivity contribution is -0.137. The topological polar surface area (TPSA) is 75.8 Å². The predicted molar refractivity (Wildman–Crippen MR) is 77.6 cm³/mol. The highest BCUT2D eigenvalue weighted by Crippen LogP contribution is 2.32. The highest BCUT2D eigenvalue weighted by atomic mass is 16.5. The quantitative estimate of drug-likeness (QED) is 0.703. The van der Waals surface area contributed by atoms with Gasteiger partial charge in [-0.1, -0.05) is 6.42 Å². The maximum absolute atomic E-state index is 10.6. The molecule has 2 rings (SSSR count). The number of likely N-dealkylation sites (tertiary alicyclic amines) is 1. The van der Waals surface area contributed by atoms with Crippen LogP contribution in [0.15, 0.2) is 0 Å². The van der Waals surface area contributed by atoms with Crippen molar-refractivity contribution in [2.24, 2.45) is 17.1 Å². The molecule has 0 radical (unpaired) electrons. The van der Waals surface area contributed by atoms with Gasteiger partial charge in [0.15, 0.2) is 0 Å². The van der Waals surface area contributed by atoms with Crippen LogP contribution in [0.1, 0.15) is 38.5 Å². The standard InChI is InChI=1S/C15H28N2O3/c16-11-15(12-20-10-13-2-1-3-13)5-8-17(9-6-15)7-4-14(18)19/h13H,1-12,16H2,(H,18,19). The molecule has 20 heavy (non-hydrogen) atoms. The average Bonchev–Trinajstić information content (AvgIpc) is 2.40. The van der Waals surface area contributed by atoms with Gasteiger partial charge in [-0.2, -0.15) is 0 Å². The zero-order valence-corrected chi connectivity index (χ0v) is 12.4. The van der Waals surface area contributed by atoms with E-state index >= 15 is 0 Å². The third-order valence-electron chi connectivity index (χ3n) is 4.98. The van der Waals surface area contributed by atoms with Crippen molar-refractivity contribution in [1.82, 2.24) is 4.90 Å². The molecular weight excluding hydrogens is 256 g/mol.